The standard InChI is InChI=1S/C18H26BFN2O2/c1-17(2)18(3,4)24-19(23-17)12-9-15(20)14(11-21)16(10-12)22-13-7-5-6-8-13/h9-11,13,21-22H,5-8H2,1-4H3. The number of nitrogens with one attached hydrogen (secondary N) is 2. The molecule has 1 saturated carbocycles. The van der Waals surface area contributed by atoms with Crippen LogP contribution < -0.4 is 10.8 Å². The number of benzene rings is 1. The fourth-order valence-electron chi connectivity index (χ4n) is 3.31. The Morgan fingerprint density at radius 3 is 2.29 bits per heavy atom. The Balaban J connectivity index is 1.92. The first kappa shape index (κ1) is 17.4. The Hall–Kier alpha value is -1.40. The Labute approximate surface area is 143 Å². The van der Waals surface area contributed by atoms with E-state index < -0.39 is 24.1 Å². The molecule has 3 rings (SSSR count). The molecule has 4 nitrogen and oxygen atoms in total. The van der Waals surface area contributed by atoms with Gasteiger partial charge in [0.25, 0.3) is 0 Å². The molecule has 2 N–H and O–H groups in total. The second-order valence-corrected chi connectivity index (χ2v) is 7.82. The molecular weight excluding hydrogens is 306 g/mol. The summed E-state index contributed by atoms with van der Waals surface area (Å²) < 4.78 is 26.6. The van der Waals surface area contributed by atoms with Gasteiger partial charge in [0, 0.05) is 17.9 Å². The lowest BCUT2D eigenvalue weighted by atomic mass is 9.78. The van der Waals surface area contributed by atoms with E-state index in [0.717, 1.165) is 19.1 Å². The average Bonchev–Trinajstić information content (AvgIpc) is 3.05. The topological polar surface area (TPSA) is 54.3 Å². The predicted octanol–water partition coefficient (Wildman–Crippen LogP) is 3.48. The molecule has 0 amide bonds. The second-order valence-electron chi connectivity index (χ2n) is 7.82. The van der Waals surface area contributed by atoms with E-state index in [1.165, 1.54) is 18.9 Å². The number of hydrogen-bond donors (Lipinski definition) is 2. The van der Waals surface area contributed by atoms with Gasteiger partial charge < -0.3 is 20.0 Å². The molecule has 1 aromatic carbocycles. The fraction of sp³-hybridized carbons (Fsp3) is 0.611. The summed E-state index contributed by atoms with van der Waals surface area (Å²) in [6.45, 7) is 7.92. The summed E-state index contributed by atoms with van der Waals surface area (Å²) in [7, 11) is -0.603. The predicted molar refractivity (Wildman–Crippen MR) is 95.9 cm³/mol. The van der Waals surface area contributed by atoms with Crippen molar-refractivity contribution in [3.05, 3.63) is 23.5 Å². The zero-order chi connectivity index (χ0) is 17.5. The quantitative estimate of drug-likeness (QED) is 0.656. The van der Waals surface area contributed by atoms with Crippen molar-refractivity contribution in [3.8, 4) is 0 Å². The molecule has 0 spiro atoms. The maximum Gasteiger partial charge on any atom is 0.495 e. The van der Waals surface area contributed by atoms with Gasteiger partial charge in [-0.1, -0.05) is 12.8 Å². The number of halogens is 1. The molecule has 6 heteroatoms. The van der Waals surface area contributed by atoms with Crippen LogP contribution >= 0.6 is 0 Å². The highest BCUT2D eigenvalue weighted by molar-refractivity contribution is 6.62. The lowest BCUT2D eigenvalue weighted by molar-refractivity contribution is 0.00578. The largest absolute Gasteiger partial charge is 0.495 e. The van der Waals surface area contributed by atoms with Gasteiger partial charge in [0.2, 0.25) is 0 Å². The first-order valence-corrected chi connectivity index (χ1v) is 8.69. The van der Waals surface area contributed by atoms with Gasteiger partial charge in [-0.05, 0) is 58.1 Å². The lowest BCUT2D eigenvalue weighted by Gasteiger charge is -2.32. The van der Waals surface area contributed by atoms with Crippen LogP contribution in [0.25, 0.3) is 0 Å². The van der Waals surface area contributed by atoms with Crippen molar-refractivity contribution < 1.29 is 13.7 Å². The zero-order valence-electron chi connectivity index (χ0n) is 14.9. The molecule has 24 heavy (non-hydrogen) atoms. The highest BCUT2D eigenvalue weighted by Gasteiger charge is 2.51. The summed E-state index contributed by atoms with van der Waals surface area (Å²) in [5.74, 6) is -0.419. The molecule has 1 aliphatic heterocycles. The summed E-state index contributed by atoms with van der Waals surface area (Å²) in [6.07, 6.45) is 5.62. The number of anilines is 1. The molecule has 1 saturated heterocycles. The van der Waals surface area contributed by atoms with Crippen LogP contribution in [0.15, 0.2) is 12.1 Å². The van der Waals surface area contributed by atoms with E-state index in [-0.39, 0.29) is 0 Å². The van der Waals surface area contributed by atoms with Crippen molar-refractivity contribution in [1.82, 2.24) is 0 Å². The molecule has 0 bridgehead atoms. The minimum Gasteiger partial charge on any atom is -0.399 e. The SMILES string of the molecule is CC1(C)OB(c2cc(F)c(C=N)c(NC3CCCC3)c2)OC1(C)C. The monoisotopic (exact) mass is 332 g/mol. The smallest absolute Gasteiger partial charge is 0.399 e. The van der Waals surface area contributed by atoms with Gasteiger partial charge in [-0.2, -0.15) is 0 Å². The molecule has 130 valence electrons. The summed E-state index contributed by atoms with van der Waals surface area (Å²) in [4.78, 5) is 0. The van der Waals surface area contributed by atoms with E-state index >= 15 is 0 Å². The molecule has 0 unspecified atom stereocenters. The molecule has 2 fully saturated rings. The van der Waals surface area contributed by atoms with E-state index in [2.05, 4.69) is 5.32 Å². The third-order valence-electron chi connectivity index (χ3n) is 5.54. The van der Waals surface area contributed by atoms with E-state index in [9.17, 15) is 4.39 Å². The maximum absolute atomic E-state index is 14.5. The van der Waals surface area contributed by atoms with Crippen LogP contribution in [0.2, 0.25) is 0 Å². The molecule has 2 aliphatic rings. The normalized spacial score (nSPS) is 22.8. The number of hydrogen-bond acceptors (Lipinski definition) is 4. The average molecular weight is 332 g/mol. The summed E-state index contributed by atoms with van der Waals surface area (Å²) in [5, 5.41) is 10.9. The molecule has 0 atom stereocenters. The Kier molecular flexibility index (Phi) is 4.47. The molecule has 1 aromatic rings. The lowest BCUT2D eigenvalue weighted by Crippen LogP contribution is -2.41. The molecule has 0 radical (unpaired) electrons. The Morgan fingerprint density at radius 1 is 1.17 bits per heavy atom. The third kappa shape index (κ3) is 3.09. The van der Waals surface area contributed by atoms with E-state index in [4.69, 9.17) is 14.7 Å². The zero-order valence-corrected chi connectivity index (χ0v) is 14.9. The van der Waals surface area contributed by atoms with Crippen LogP contribution in [0.5, 0.6) is 0 Å². The van der Waals surface area contributed by atoms with Crippen molar-refractivity contribution in [2.75, 3.05) is 5.32 Å². The van der Waals surface area contributed by atoms with Gasteiger partial charge in [-0.15, -0.1) is 0 Å². The number of rotatable bonds is 4. The summed E-state index contributed by atoms with van der Waals surface area (Å²) in [6, 6.07) is 3.63. The van der Waals surface area contributed by atoms with E-state index in [1.807, 2.05) is 33.8 Å². The first-order chi connectivity index (χ1) is 11.2. The maximum atomic E-state index is 14.5. The van der Waals surface area contributed by atoms with Crippen LogP contribution in [0.3, 0.4) is 0 Å². The fourth-order valence-corrected chi connectivity index (χ4v) is 3.31. The minimum absolute atomic E-state index is 0.294. The highest BCUT2D eigenvalue weighted by Crippen LogP contribution is 2.37. The van der Waals surface area contributed by atoms with Crippen molar-refractivity contribution in [1.29, 1.82) is 5.41 Å². The molecular formula is C18H26BFN2O2. The van der Waals surface area contributed by atoms with Gasteiger partial charge in [0.1, 0.15) is 5.82 Å². The van der Waals surface area contributed by atoms with E-state index in [0.29, 0.717) is 22.8 Å². The highest BCUT2D eigenvalue weighted by atomic mass is 19.1. The van der Waals surface area contributed by atoms with Gasteiger partial charge in [-0.3, -0.25) is 0 Å². The third-order valence-corrected chi connectivity index (χ3v) is 5.54. The van der Waals surface area contributed by atoms with Gasteiger partial charge >= 0.3 is 7.12 Å². The van der Waals surface area contributed by atoms with Crippen molar-refractivity contribution in [2.24, 2.45) is 0 Å². The summed E-state index contributed by atoms with van der Waals surface area (Å²) >= 11 is 0. The Morgan fingerprint density at radius 2 is 1.75 bits per heavy atom. The van der Waals surface area contributed by atoms with Crippen LogP contribution in [0.1, 0.15) is 58.9 Å². The van der Waals surface area contributed by atoms with Crippen molar-refractivity contribution >= 4 is 24.5 Å². The first-order valence-electron chi connectivity index (χ1n) is 8.69. The van der Waals surface area contributed by atoms with Crippen LogP contribution in [0, 0.1) is 11.2 Å². The molecule has 1 aliphatic carbocycles. The van der Waals surface area contributed by atoms with E-state index in [1.54, 1.807) is 0 Å². The van der Waals surface area contributed by atoms with Crippen molar-refractivity contribution in [3.63, 3.8) is 0 Å². The van der Waals surface area contributed by atoms with Crippen LogP contribution in [0.4, 0.5) is 10.1 Å². The summed E-state index contributed by atoms with van der Waals surface area (Å²) in [5.41, 5.74) is 0.668. The Bertz CT molecular complexity index is 626. The molecule has 0 aromatic heterocycles. The van der Waals surface area contributed by atoms with Crippen molar-refractivity contribution in [2.45, 2.75) is 70.6 Å². The van der Waals surface area contributed by atoms with Gasteiger partial charge in [0.15, 0.2) is 0 Å². The molecule has 1 heterocycles. The minimum atomic E-state index is -0.603. The van der Waals surface area contributed by atoms with Gasteiger partial charge in [0.05, 0.1) is 16.8 Å². The van der Waals surface area contributed by atoms with Crippen LogP contribution in [-0.2, 0) is 9.31 Å². The second kappa shape index (κ2) is 6.15. The van der Waals surface area contributed by atoms with Gasteiger partial charge in [-0.25, -0.2) is 4.39 Å². The van der Waals surface area contributed by atoms with Crippen LogP contribution in [-0.4, -0.2) is 30.6 Å².